The number of benzene rings is 1. The zero-order valence-electron chi connectivity index (χ0n) is 8.65. The third-order valence-electron chi connectivity index (χ3n) is 1.83. The molecule has 0 fully saturated rings. The third kappa shape index (κ3) is 2.60. The van der Waals surface area contributed by atoms with Gasteiger partial charge in [-0.15, -0.1) is 0 Å². The lowest BCUT2D eigenvalue weighted by atomic mass is 10.3. The van der Waals surface area contributed by atoms with Gasteiger partial charge in [-0.3, -0.25) is 0 Å². The average Bonchev–Trinajstić information content (AvgIpc) is 2.21. The monoisotopic (exact) mass is 230 g/mol. The first kappa shape index (κ1) is 11.8. The maximum Gasteiger partial charge on any atom is 0.244 e. The Morgan fingerprint density at radius 1 is 1.47 bits per heavy atom. The van der Waals surface area contributed by atoms with E-state index in [4.69, 9.17) is 10.5 Å². The molecule has 0 unspecified atom stereocenters. The predicted molar refractivity (Wildman–Crippen MR) is 58.3 cm³/mol. The highest BCUT2D eigenvalue weighted by molar-refractivity contribution is 7.89. The first-order valence-corrected chi connectivity index (χ1v) is 5.95. The van der Waals surface area contributed by atoms with Crippen molar-refractivity contribution < 1.29 is 13.2 Å². The maximum atomic E-state index is 11.6. The Hall–Kier alpha value is -1.27. The molecule has 0 aliphatic carbocycles. The smallest absolute Gasteiger partial charge is 0.244 e. The molecule has 0 heterocycles. The molecule has 3 N–H and O–H groups in total. The third-order valence-corrected chi connectivity index (χ3v) is 3.26. The fourth-order valence-electron chi connectivity index (χ4n) is 1.12. The summed E-state index contributed by atoms with van der Waals surface area (Å²) in [6, 6.07) is 4.51. The van der Waals surface area contributed by atoms with Crippen LogP contribution in [0, 0.1) is 0 Å². The summed E-state index contributed by atoms with van der Waals surface area (Å²) in [7, 11) is -2.19. The number of anilines is 1. The summed E-state index contributed by atoms with van der Waals surface area (Å²) in [5, 5.41) is 0. The molecule has 0 aliphatic rings. The van der Waals surface area contributed by atoms with E-state index in [1.807, 2.05) is 0 Å². The van der Waals surface area contributed by atoms with Gasteiger partial charge in [0.15, 0.2) is 0 Å². The van der Waals surface area contributed by atoms with E-state index in [2.05, 4.69) is 4.72 Å². The lowest BCUT2D eigenvalue weighted by Gasteiger charge is -2.10. The number of sulfonamides is 1. The van der Waals surface area contributed by atoms with E-state index in [9.17, 15) is 8.42 Å². The largest absolute Gasteiger partial charge is 0.492 e. The molecule has 6 heteroatoms. The number of nitrogens with one attached hydrogen (secondary N) is 1. The molecule has 1 aromatic carbocycles. The minimum atomic E-state index is -3.53. The fraction of sp³-hybridized carbons (Fsp3) is 0.333. The van der Waals surface area contributed by atoms with Crippen molar-refractivity contribution in [1.29, 1.82) is 0 Å². The van der Waals surface area contributed by atoms with Gasteiger partial charge in [0, 0.05) is 5.69 Å². The van der Waals surface area contributed by atoms with Gasteiger partial charge in [-0.05, 0) is 32.2 Å². The summed E-state index contributed by atoms with van der Waals surface area (Å²) >= 11 is 0. The average molecular weight is 230 g/mol. The Bertz CT molecular complexity index is 443. The number of nitrogen functional groups attached to an aromatic ring is 1. The fourth-order valence-corrected chi connectivity index (χ4v) is 2.02. The van der Waals surface area contributed by atoms with Crippen molar-refractivity contribution in [3.05, 3.63) is 18.2 Å². The summed E-state index contributed by atoms with van der Waals surface area (Å²) in [5.74, 6) is 0.307. The van der Waals surface area contributed by atoms with Crippen LogP contribution >= 0.6 is 0 Å². The molecule has 0 radical (unpaired) electrons. The van der Waals surface area contributed by atoms with Crippen molar-refractivity contribution in [2.75, 3.05) is 19.4 Å². The van der Waals surface area contributed by atoms with E-state index in [1.165, 1.54) is 13.1 Å². The second-order valence-corrected chi connectivity index (χ2v) is 4.70. The Kier molecular flexibility index (Phi) is 3.54. The van der Waals surface area contributed by atoms with Gasteiger partial charge in [-0.1, -0.05) is 0 Å². The van der Waals surface area contributed by atoms with Gasteiger partial charge >= 0.3 is 0 Å². The molecule has 0 saturated heterocycles. The molecular formula is C9H14N2O3S. The van der Waals surface area contributed by atoms with Crippen molar-refractivity contribution >= 4 is 15.7 Å². The molecule has 1 aromatic rings. The van der Waals surface area contributed by atoms with Crippen molar-refractivity contribution in [2.24, 2.45) is 0 Å². The van der Waals surface area contributed by atoms with Crippen LogP contribution in [-0.2, 0) is 10.0 Å². The molecule has 84 valence electrons. The van der Waals surface area contributed by atoms with Crippen molar-refractivity contribution in [1.82, 2.24) is 4.72 Å². The minimum Gasteiger partial charge on any atom is -0.492 e. The van der Waals surface area contributed by atoms with Crippen molar-refractivity contribution in [3.8, 4) is 5.75 Å². The van der Waals surface area contributed by atoms with Crippen LogP contribution in [0.15, 0.2) is 23.1 Å². The second kappa shape index (κ2) is 4.50. The van der Waals surface area contributed by atoms with E-state index in [1.54, 1.807) is 19.1 Å². The topological polar surface area (TPSA) is 81.4 Å². The Balaban J connectivity index is 3.31. The zero-order valence-corrected chi connectivity index (χ0v) is 9.47. The minimum absolute atomic E-state index is 0.0619. The second-order valence-electron chi connectivity index (χ2n) is 2.85. The molecule has 0 bridgehead atoms. The van der Waals surface area contributed by atoms with Gasteiger partial charge < -0.3 is 10.5 Å². The molecule has 0 atom stereocenters. The highest BCUT2D eigenvalue weighted by Crippen LogP contribution is 2.25. The van der Waals surface area contributed by atoms with E-state index < -0.39 is 10.0 Å². The van der Waals surface area contributed by atoms with Gasteiger partial charge in [0.2, 0.25) is 10.0 Å². The molecule has 0 aliphatic heterocycles. The SMILES string of the molecule is CCOc1ccc(N)cc1S(=O)(=O)NC. The number of ether oxygens (including phenoxy) is 1. The molecule has 0 spiro atoms. The standard InChI is InChI=1S/C9H14N2O3S/c1-3-14-8-5-4-7(10)6-9(8)15(12,13)11-2/h4-6,11H,3,10H2,1-2H3. The molecule has 0 aromatic heterocycles. The highest BCUT2D eigenvalue weighted by atomic mass is 32.2. The van der Waals surface area contributed by atoms with Gasteiger partial charge in [0.05, 0.1) is 6.61 Å². The quantitative estimate of drug-likeness (QED) is 0.741. The van der Waals surface area contributed by atoms with Crippen molar-refractivity contribution in [3.63, 3.8) is 0 Å². The highest BCUT2D eigenvalue weighted by Gasteiger charge is 2.17. The van der Waals surface area contributed by atoms with Crippen LogP contribution < -0.4 is 15.2 Å². The van der Waals surface area contributed by atoms with Gasteiger partial charge in [-0.2, -0.15) is 0 Å². The van der Waals surface area contributed by atoms with E-state index >= 15 is 0 Å². The molecule has 1 rings (SSSR count). The molecule has 0 amide bonds. The van der Waals surface area contributed by atoms with Crippen LogP contribution in [0.3, 0.4) is 0 Å². The molecule has 15 heavy (non-hydrogen) atoms. The lowest BCUT2D eigenvalue weighted by Crippen LogP contribution is -2.19. The lowest BCUT2D eigenvalue weighted by molar-refractivity contribution is 0.331. The summed E-state index contributed by atoms with van der Waals surface area (Å²) < 4.78 is 30.6. The predicted octanol–water partition coefficient (Wildman–Crippen LogP) is 0.576. The number of hydrogen-bond donors (Lipinski definition) is 2. The van der Waals surface area contributed by atoms with Crippen molar-refractivity contribution in [2.45, 2.75) is 11.8 Å². The van der Waals surface area contributed by atoms with Crippen LogP contribution in [0.4, 0.5) is 5.69 Å². The number of nitrogens with two attached hydrogens (primary N) is 1. The van der Waals surface area contributed by atoms with E-state index in [0.29, 0.717) is 18.0 Å². The molecule has 0 saturated carbocycles. The Morgan fingerprint density at radius 3 is 2.67 bits per heavy atom. The number of hydrogen-bond acceptors (Lipinski definition) is 4. The summed E-state index contributed by atoms with van der Waals surface area (Å²) in [4.78, 5) is 0.0619. The zero-order chi connectivity index (χ0) is 11.5. The van der Waals surface area contributed by atoms with Gasteiger partial charge in [0.25, 0.3) is 0 Å². The maximum absolute atomic E-state index is 11.6. The number of rotatable bonds is 4. The Labute approximate surface area is 89.3 Å². The normalized spacial score (nSPS) is 11.3. The van der Waals surface area contributed by atoms with E-state index in [-0.39, 0.29) is 4.90 Å². The van der Waals surface area contributed by atoms with Crippen LogP contribution in [0.1, 0.15) is 6.92 Å². The van der Waals surface area contributed by atoms with Crippen LogP contribution in [-0.4, -0.2) is 22.1 Å². The first-order valence-electron chi connectivity index (χ1n) is 4.47. The summed E-state index contributed by atoms with van der Waals surface area (Å²) in [5.41, 5.74) is 5.91. The van der Waals surface area contributed by atoms with Gasteiger partial charge in [0.1, 0.15) is 10.6 Å². The summed E-state index contributed by atoms with van der Waals surface area (Å²) in [6.07, 6.45) is 0. The summed E-state index contributed by atoms with van der Waals surface area (Å²) in [6.45, 7) is 2.18. The molecular weight excluding hydrogens is 216 g/mol. The van der Waals surface area contributed by atoms with Crippen LogP contribution in [0.5, 0.6) is 5.75 Å². The van der Waals surface area contributed by atoms with E-state index in [0.717, 1.165) is 0 Å². The van der Waals surface area contributed by atoms with Crippen LogP contribution in [0.2, 0.25) is 0 Å². The Morgan fingerprint density at radius 2 is 2.13 bits per heavy atom. The first-order chi connectivity index (χ1) is 7.01. The van der Waals surface area contributed by atoms with Gasteiger partial charge in [-0.25, -0.2) is 13.1 Å². The van der Waals surface area contributed by atoms with Crippen LogP contribution in [0.25, 0.3) is 0 Å². The molecule has 5 nitrogen and oxygen atoms in total.